The van der Waals surface area contributed by atoms with Gasteiger partial charge in [0, 0.05) is 55.9 Å². The number of amides is 1. The number of rotatable bonds is 9. The molecule has 188 valence electrons. The summed E-state index contributed by atoms with van der Waals surface area (Å²) in [5.74, 6) is 0.562. The zero-order chi connectivity index (χ0) is 25.3. The highest BCUT2D eigenvalue weighted by molar-refractivity contribution is 5.83. The van der Waals surface area contributed by atoms with Gasteiger partial charge in [-0.1, -0.05) is 0 Å². The SMILES string of the molecule is C=NCc1cc(-c2cncc(N3CCN(C)CC3)c2)cc(-c2ncccn2)c1NCNC(=O)OCC. The van der Waals surface area contributed by atoms with Gasteiger partial charge in [0.1, 0.15) is 0 Å². The third-order valence-corrected chi connectivity index (χ3v) is 6.01. The fourth-order valence-electron chi connectivity index (χ4n) is 4.15. The van der Waals surface area contributed by atoms with Gasteiger partial charge in [0.25, 0.3) is 0 Å². The number of aliphatic imine (C=N–C) groups is 1. The molecule has 3 heterocycles. The van der Waals surface area contributed by atoms with Crippen molar-refractivity contribution in [3.63, 3.8) is 0 Å². The Kier molecular flexibility index (Phi) is 8.40. The number of ether oxygens (including phenoxy) is 1. The minimum atomic E-state index is -0.491. The van der Waals surface area contributed by atoms with Crippen LogP contribution in [0.15, 0.2) is 54.0 Å². The van der Waals surface area contributed by atoms with E-state index in [1.165, 1.54) is 0 Å². The Morgan fingerprint density at radius 2 is 1.89 bits per heavy atom. The van der Waals surface area contributed by atoms with Crippen molar-refractivity contribution in [2.24, 2.45) is 4.99 Å². The molecule has 1 fully saturated rings. The number of carbonyl (C=O) groups is 1. The third kappa shape index (κ3) is 6.14. The molecule has 0 aliphatic carbocycles. The Balaban J connectivity index is 1.71. The number of nitrogens with one attached hydrogen (secondary N) is 2. The Labute approximate surface area is 211 Å². The predicted molar refractivity (Wildman–Crippen MR) is 142 cm³/mol. The Bertz CT molecular complexity index is 1180. The van der Waals surface area contributed by atoms with Crippen LogP contribution in [-0.2, 0) is 11.3 Å². The standard InChI is InChI=1S/C26H32N8O2/c1-4-36-26(35)32-18-31-24-21(15-27-2)12-19(14-23(24)25-29-6-5-7-30-25)20-13-22(17-28-16-20)34-10-8-33(3)9-11-34/h5-7,12-14,16-17,31H,2,4,8-11,15,18H2,1,3H3,(H,32,35). The fraction of sp³-hybridized carbons (Fsp3) is 0.346. The van der Waals surface area contributed by atoms with E-state index in [0.29, 0.717) is 19.0 Å². The van der Waals surface area contributed by atoms with Crippen molar-refractivity contribution in [3.05, 3.63) is 54.6 Å². The number of carbonyl (C=O) groups excluding carboxylic acids is 1. The lowest BCUT2D eigenvalue weighted by Crippen LogP contribution is -2.44. The first kappa shape index (κ1) is 25.1. The van der Waals surface area contributed by atoms with E-state index in [9.17, 15) is 4.79 Å². The van der Waals surface area contributed by atoms with E-state index in [2.05, 4.69) is 66.3 Å². The molecule has 0 spiro atoms. The molecule has 0 saturated carbocycles. The van der Waals surface area contributed by atoms with Crippen LogP contribution in [0.3, 0.4) is 0 Å². The molecule has 4 rings (SSSR count). The number of pyridine rings is 1. The quantitative estimate of drug-likeness (QED) is 0.349. The van der Waals surface area contributed by atoms with Crippen LogP contribution in [0, 0.1) is 0 Å². The van der Waals surface area contributed by atoms with E-state index in [1.54, 1.807) is 25.4 Å². The second kappa shape index (κ2) is 12.1. The van der Waals surface area contributed by atoms with Gasteiger partial charge in [0.15, 0.2) is 5.82 Å². The first-order valence-electron chi connectivity index (χ1n) is 12.0. The fourth-order valence-corrected chi connectivity index (χ4v) is 4.15. The van der Waals surface area contributed by atoms with Crippen LogP contribution in [0.1, 0.15) is 12.5 Å². The highest BCUT2D eigenvalue weighted by atomic mass is 16.5. The van der Waals surface area contributed by atoms with Gasteiger partial charge in [-0.2, -0.15) is 0 Å². The maximum atomic E-state index is 11.8. The van der Waals surface area contributed by atoms with Crippen molar-refractivity contribution >= 4 is 24.2 Å². The molecule has 1 aliphatic heterocycles. The Morgan fingerprint density at radius 3 is 2.61 bits per heavy atom. The maximum absolute atomic E-state index is 11.8. The summed E-state index contributed by atoms with van der Waals surface area (Å²) in [5, 5.41) is 5.99. The zero-order valence-corrected chi connectivity index (χ0v) is 20.8. The van der Waals surface area contributed by atoms with Crippen molar-refractivity contribution in [1.29, 1.82) is 0 Å². The molecule has 0 radical (unpaired) electrons. The molecule has 1 aliphatic rings. The van der Waals surface area contributed by atoms with E-state index >= 15 is 0 Å². The lowest BCUT2D eigenvalue weighted by molar-refractivity contribution is 0.153. The number of nitrogens with zero attached hydrogens (tertiary/aromatic N) is 6. The highest BCUT2D eigenvalue weighted by Crippen LogP contribution is 2.35. The summed E-state index contributed by atoms with van der Waals surface area (Å²) in [5.41, 5.74) is 5.54. The first-order valence-corrected chi connectivity index (χ1v) is 12.0. The first-order chi connectivity index (χ1) is 17.6. The van der Waals surface area contributed by atoms with Crippen LogP contribution >= 0.6 is 0 Å². The number of hydrogen-bond donors (Lipinski definition) is 2. The van der Waals surface area contributed by atoms with Crippen LogP contribution in [-0.4, -0.2) is 79.2 Å². The number of piperazine rings is 1. The average molecular weight is 489 g/mol. The van der Waals surface area contributed by atoms with Gasteiger partial charge in [-0.15, -0.1) is 0 Å². The van der Waals surface area contributed by atoms with Gasteiger partial charge in [-0.25, -0.2) is 14.8 Å². The van der Waals surface area contributed by atoms with Crippen LogP contribution in [0.2, 0.25) is 0 Å². The molecule has 0 atom stereocenters. The Hall–Kier alpha value is -4.05. The summed E-state index contributed by atoms with van der Waals surface area (Å²) >= 11 is 0. The molecule has 2 N–H and O–H groups in total. The van der Waals surface area contributed by atoms with Crippen molar-refractivity contribution in [2.75, 3.05) is 56.7 Å². The smallest absolute Gasteiger partial charge is 0.408 e. The molecule has 10 heteroatoms. The summed E-state index contributed by atoms with van der Waals surface area (Å²) in [4.78, 5) is 34.1. The van der Waals surface area contributed by atoms with Gasteiger partial charge in [0.05, 0.1) is 37.4 Å². The minimum absolute atomic E-state index is 0.169. The average Bonchev–Trinajstić information content (AvgIpc) is 2.90. The maximum Gasteiger partial charge on any atom is 0.408 e. The van der Waals surface area contributed by atoms with E-state index < -0.39 is 6.09 Å². The monoisotopic (exact) mass is 488 g/mol. The van der Waals surface area contributed by atoms with Crippen LogP contribution in [0.25, 0.3) is 22.5 Å². The molecule has 36 heavy (non-hydrogen) atoms. The molecule has 10 nitrogen and oxygen atoms in total. The van der Waals surface area contributed by atoms with Crippen LogP contribution in [0.5, 0.6) is 0 Å². The topological polar surface area (TPSA) is 108 Å². The van der Waals surface area contributed by atoms with E-state index in [0.717, 1.165) is 59.8 Å². The van der Waals surface area contributed by atoms with Crippen LogP contribution < -0.4 is 15.5 Å². The van der Waals surface area contributed by atoms with E-state index in [-0.39, 0.29) is 6.67 Å². The number of anilines is 2. The van der Waals surface area contributed by atoms with Crippen molar-refractivity contribution in [2.45, 2.75) is 13.5 Å². The molecule has 0 bridgehead atoms. The number of hydrogen-bond acceptors (Lipinski definition) is 9. The minimum Gasteiger partial charge on any atom is -0.450 e. The molecule has 1 aromatic carbocycles. The van der Waals surface area contributed by atoms with Crippen LogP contribution in [0.4, 0.5) is 16.2 Å². The molecule has 0 unspecified atom stereocenters. The third-order valence-electron chi connectivity index (χ3n) is 6.01. The second-order valence-electron chi connectivity index (χ2n) is 8.48. The summed E-state index contributed by atoms with van der Waals surface area (Å²) in [6.45, 7) is 10.3. The number of aromatic nitrogens is 3. The highest BCUT2D eigenvalue weighted by Gasteiger charge is 2.18. The molecular weight excluding hydrogens is 456 g/mol. The zero-order valence-electron chi connectivity index (χ0n) is 20.8. The van der Waals surface area contributed by atoms with Gasteiger partial charge in [-0.05, 0) is 56.1 Å². The molecule has 3 aromatic rings. The van der Waals surface area contributed by atoms with Crippen molar-refractivity contribution < 1.29 is 9.53 Å². The van der Waals surface area contributed by atoms with Crippen molar-refractivity contribution in [1.82, 2.24) is 25.2 Å². The second-order valence-corrected chi connectivity index (χ2v) is 8.48. The summed E-state index contributed by atoms with van der Waals surface area (Å²) in [7, 11) is 2.15. The number of alkyl carbamates (subject to hydrolysis) is 1. The van der Waals surface area contributed by atoms with E-state index in [1.807, 2.05) is 18.5 Å². The van der Waals surface area contributed by atoms with Gasteiger partial charge in [-0.3, -0.25) is 9.98 Å². The largest absolute Gasteiger partial charge is 0.450 e. The molecule has 1 saturated heterocycles. The van der Waals surface area contributed by atoms with E-state index in [4.69, 9.17) is 4.74 Å². The van der Waals surface area contributed by atoms with Crippen molar-refractivity contribution in [3.8, 4) is 22.5 Å². The summed E-state index contributed by atoms with van der Waals surface area (Å²) in [6, 6.07) is 8.06. The molecule has 2 aromatic heterocycles. The van der Waals surface area contributed by atoms with Gasteiger partial charge in [0.2, 0.25) is 0 Å². The van der Waals surface area contributed by atoms with Gasteiger partial charge >= 0.3 is 6.09 Å². The summed E-state index contributed by atoms with van der Waals surface area (Å²) < 4.78 is 4.96. The number of likely N-dealkylation sites (N-methyl/N-ethyl adjacent to an activating group) is 1. The number of benzene rings is 1. The predicted octanol–water partition coefficient (Wildman–Crippen LogP) is 3.27. The lowest BCUT2D eigenvalue weighted by atomic mass is 9.97. The summed E-state index contributed by atoms with van der Waals surface area (Å²) in [6.07, 6.45) is 6.70. The van der Waals surface area contributed by atoms with Gasteiger partial charge < -0.3 is 25.2 Å². The lowest BCUT2D eigenvalue weighted by Gasteiger charge is -2.34. The molecule has 1 amide bonds. The Morgan fingerprint density at radius 1 is 1.11 bits per heavy atom. The molecular formula is C26H32N8O2. The normalized spacial score (nSPS) is 13.8.